The quantitative estimate of drug-likeness (QED) is 0.479. The second-order valence-electron chi connectivity index (χ2n) is 7.52. The van der Waals surface area contributed by atoms with Gasteiger partial charge in [0.05, 0.1) is 19.3 Å². The molecule has 1 heterocycles. The van der Waals surface area contributed by atoms with Crippen LogP contribution in [0, 0.1) is 5.92 Å². The number of anilines is 1. The van der Waals surface area contributed by atoms with E-state index in [9.17, 15) is 9.59 Å². The van der Waals surface area contributed by atoms with Gasteiger partial charge in [0, 0.05) is 10.4 Å². The van der Waals surface area contributed by atoms with E-state index >= 15 is 0 Å². The molecular weight excluding hydrogens is 420 g/mol. The summed E-state index contributed by atoms with van der Waals surface area (Å²) in [6, 6.07) is 6.93. The molecule has 0 unspecified atom stereocenters. The summed E-state index contributed by atoms with van der Waals surface area (Å²) in [5.74, 6) is 0.584. The molecule has 3 rings (SSSR count). The minimum absolute atomic E-state index is 0.141. The van der Waals surface area contributed by atoms with Gasteiger partial charge >= 0.3 is 5.97 Å². The van der Waals surface area contributed by atoms with Gasteiger partial charge in [0.1, 0.15) is 10.8 Å². The van der Waals surface area contributed by atoms with Crippen molar-refractivity contribution in [1.29, 1.82) is 0 Å². The van der Waals surface area contributed by atoms with E-state index in [1.165, 1.54) is 23.3 Å². The number of nitrogens with one attached hydrogen (secondary N) is 2. The number of esters is 1. The van der Waals surface area contributed by atoms with Gasteiger partial charge < -0.3 is 14.8 Å². The van der Waals surface area contributed by atoms with Crippen molar-refractivity contribution in [1.82, 2.24) is 5.32 Å². The molecule has 8 heteroatoms. The molecule has 2 aromatic rings. The number of benzene rings is 1. The maximum atomic E-state index is 12.5. The fourth-order valence-electron chi connectivity index (χ4n) is 3.23. The Labute approximate surface area is 186 Å². The molecule has 0 bridgehead atoms. The Morgan fingerprint density at radius 3 is 2.60 bits per heavy atom. The van der Waals surface area contributed by atoms with Crippen molar-refractivity contribution in [3.63, 3.8) is 0 Å². The van der Waals surface area contributed by atoms with Crippen molar-refractivity contribution in [3.8, 4) is 5.75 Å². The summed E-state index contributed by atoms with van der Waals surface area (Å²) in [7, 11) is 1.36. The highest BCUT2D eigenvalue weighted by Crippen LogP contribution is 2.39. The van der Waals surface area contributed by atoms with Crippen LogP contribution in [-0.2, 0) is 17.6 Å². The number of fused-ring (bicyclic) bond motifs is 1. The average Bonchev–Trinajstić information content (AvgIpc) is 3.28. The molecule has 0 atom stereocenters. The number of thiophene rings is 1. The first-order valence-electron chi connectivity index (χ1n) is 9.97. The normalized spacial score (nSPS) is 12.4. The van der Waals surface area contributed by atoms with Crippen molar-refractivity contribution in [2.45, 2.75) is 39.5 Å². The van der Waals surface area contributed by atoms with E-state index in [4.69, 9.17) is 21.7 Å². The largest absolute Gasteiger partial charge is 0.494 e. The molecule has 2 N–H and O–H groups in total. The smallest absolute Gasteiger partial charge is 0.341 e. The Balaban J connectivity index is 1.60. The van der Waals surface area contributed by atoms with Gasteiger partial charge in [0.25, 0.3) is 5.91 Å². The predicted octanol–water partition coefficient (Wildman–Crippen LogP) is 4.58. The van der Waals surface area contributed by atoms with Crippen molar-refractivity contribution < 1.29 is 19.1 Å². The lowest BCUT2D eigenvalue weighted by atomic mass is 10.1. The van der Waals surface area contributed by atoms with Gasteiger partial charge in [-0.1, -0.05) is 13.8 Å². The van der Waals surface area contributed by atoms with Crippen molar-refractivity contribution in [2.75, 3.05) is 19.0 Å². The number of rotatable bonds is 7. The molecule has 1 aliphatic carbocycles. The zero-order valence-electron chi connectivity index (χ0n) is 17.4. The van der Waals surface area contributed by atoms with Crippen molar-refractivity contribution in [2.24, 2.45) is 5.92 Å². The highest BCUT2D eigenvalue weighted by molar-refractivity contribution is 7.80. The monoisotopic (exact) mass is 446 g/mol. The second kappa shape index (κ2) is 10.0. The summed E-state index contributed by atoms with van der Waals surface area (Å²) in [6.07, 6.45) is 3.80. The van der Waals surface area contributed by atoms with Gasteiger partial charge in [-0.2, -0.15) is 0 Å². The van der Waals surface area contributed by atoms with E-state index in [1.807, 2.05) is 0 Å². The number of ether oxygens (including phenoxy) is 2. The number of carbonyl (C=O) groups excluding carboxylic acids is 2. The predicted molar refractivity (Wildman–Crippen MR) is 123 cm³/mol. The summed E-state index contributed by atoms with van der Waals surface area (Å²) in [4.78, 5) is 25.9. The van der Waals surface area contributed by atoms with Crippen LogP contribution in [0.1, 0.15) is 57.8 Å². The molecule has 1 aromatic carbocycles. The van der Waals surface area contributed by atoms with Crippen LogP contribution >= 0.6 is 23.6 Å². The molecule has 0 saturated carbocycles. The third kappa shape index (κ3) is 5.37. The SMILES string of the molecule is COC(=O)c1c(NC(=S)NC(=O)c2ccc(OCCC(C)C)cc2)sc2c1CCC2. The van der Waals surface area contributed by atoms with Crippen LogP contribution in [0.25, 0.3) is 0 Å². The van der Waals surface area contributed by atoms with Crippen LogP contribution in [0.3, 0.4) is 0 Å². The summed E-state index contributed by atoms with van der Waals surface area (Å²) in [5.41, 5.74) is 2.02. The fourth-order valence-corrected chi connectivity index (χ4v) is 4.78. The Bertz CT molecular complexity index is 935. The molecule has 30 heavy (non-hydrogen) atoms. The number of thiocarbonyl (C=S) groups is 1. The molecule has 160 valence electrons. The minimum atomic E-state index is -0.390. The molecule has 0 radical (unpaired) electrons. The summed E-state index contributed by atoms with van der Waals surface area (Å²) < 4.78 is 10.6. The molecule has 1 amide bonds. The Kier molecular flexibility index (Phi) is 7.44. The Hall–Kier alpha value is -2.45. The molecule has 1 aromatic heterocycles. The van der Waals surface area contributed by atoms with E-state index in [2.05, 4.69) is 24.5 Å². The number of amides is 1. The van der Waals surface area contributed by atoms with Crippen LogP contribution in [0.5, 0.6) is 5.75 Å². The molecule has 6 nitrogen and oxygen atoms in total. The van der Waals surface area contributed by atoms with Crippen LogP contribution in [0.4, 0.5) is 5.00 Å². The third-order valence-electron chi connectivity index (χ3n) is 4.85. The average molecular weight is 447 g/mol. The van der Waals surface area contributed by atoms with Gasteiger partial charge in [0.2, 0.25) is 0 Å². The van der Waals surface area contributed by atoms with Crippen LogP contribution in [-0.4, -0.2) is 30.7 Å². The molecule has 0 saturated heterocycles. The lowest BCUT2D eigenvalue weighted by molar-refractivity contribution is 0.0601. The van der Waals surface area contributed by atoms with E-state index in [-0.39, 0.29) is 17.0 Å². The number of hydrogen-bond donors (Lipinski definition) is 2. The number of methoxy groups -OCH3 is 1. The first kappa shape index (κ1) is 22.2. The highest BCUT2D eigenvalue weighted by atomic mass is 32.1. The zero-order valence-corrected chi connectivity index (χ0v) is 19.0. The summed E-state index contributed by atoms with van der Waals surface area (Å²) in [6.45, 7) is 4.93. The Morgan fingerprint density at radius 1 is 1.20 bits per heavy atom. The minimum Gasteiger partial charge on any atom is -0.494 e. The van der Waals surface area contributed by atoms with E-state index in [0.717, 1.165) is 37.0 Å². The maximum absolute atomic E-state index is 12.5. The van der Waals surface area contributed by atoms with E-state index in [0.29, 0.717) is 28.7 Å². The van der Waals surface area contributed by atoms with Gasteiger partial charge in [-0.25, -0.2) is 4.79 Å². The van der Waals surface area contributed by atoms with Gasteiger partial charge in [0.15, 0.2) is 5.11 Å². The standard InChI is InChI=1S/C22H26N2O4S2/c1-13(2)11-12-28-15-9-7-14(8-10-15)19(25)23-22(29)24-20-18(21(26)27-3)16-5-4-6-17(16)30-20/h7-10,13H,4-6,11-12H2,1-3H3,(H2,23,24,25,29). The zero-order chi connectivity index (χ0) is 21.7. The number of carbonyl (C=O) groups is 2. The molecular formula is C22H26N2O4S2. The molecule has 0 spiro atoms. The van der Waals surface area contributed by atoms with E-state index < -0.39 is 0 Å². The summed E-state index contributed by atoms with van der Waals surface area (Å²) >= 11 is 6.78. The van der Waals surface area contributed by atoms with Gasteiger partial charge in [-0.15, -0.1) is 11.3 Å². The van der Waals surface area contributed by atoms with Crippen LogP contribution in [0.2, 0.25) is 0 Å². The Morgan fingerprint density at radius 2 is 1.93 bits per heavy atom. The molecule has 0 fully saturated rings. The third-order valence-corrected chi connectivity index (χ3v) is 6.26. The van der Waals surface area contributed by atoms with Crippen LogP contribution in [0.15, 0.2) is 24.3 Å². The number of aryl methyl sites for hydroxylation is 1. The highest BCUT2D eigenvalue weighted by Gasteiger charge is 2.27. The lowest BCUT2D eigenvalue weighted by Crippen LogP contribution is -2.34. The fraction of sp³-hybridized carbons (Fsp3) is 0.409. The van der Waals surface area contributed by atoms with Crippen molar-refractivity contribution in [3.05, 3.63) is 45.8 Å². The lowest BCUT2D eigenvalue weighted by Gasteiger charge is -2.11. The molecule has 0 aliphatic heterocycles. The summed E-state index contributed by atoms with van der Waals surface area (Å²) in [5, 5.41) is 6.42. The maximum Gasteiger partial charge on any atom is 0.341 e. The first-order valence-corrected chi connectivity index (χ1v) is 11.2. The number of hydrogen-bond acceptors (Lipinski definition) is 6. The van der Waals surface area contributed by atoms with Crippen LogP contribution < -0.4 is 15.4 Å². The second-order valence-corrected chi connectivity index (χ2v) is 9.03. The van der Waals surface area contributed by atoms with Gasteiger partial charge in [-0.3, -0.25) is 10.1 Å². The van der Waals surface area contributed by atoms with Crippen molar-refractivity contribution >= 4 is 45.5 Å². The van der Waals surface area contributed by atoms with E-state index in [1.54, 1.807) is 24.3 Å². The first-order chi connectivity index (χ1) is 14.4. The topological polar surface area (TPSA) is 76.7 Å². The van der Waals surface area contributed by atoms with Gasteiger partial charge in [-0.05, 0) is 73.6 Å². The molecule has 1 aliphatic rings.